The van der Waals surface area contributed by atoms with Gasteiger partial charge in [0.25, 0.3) is 0 Å². The first-order chi connectivity index (χ1) is 9.51. The van der Waals surface area contributed by atoms with Crippen LogP contribution >= 0.6 is 0 Å². The third kappa shape index (κ3) is 5.94. The number of carbonyl (C=O) groups is 2. The highest BCUT2D eigenvalue weighted by molar-refractivity contribution is 5.94. The van der Waals surface area contributed by atoms with Crippen LogP contribution in [0.25, 0.3) is 6.08 Å². The first kappa shape index (κ1) is 15.6. The smallest absolute Gasteiger partial charge is 0.387 e. The van der Waals surface area contributed by atoms with Gasteiger partial charge in [-0.3, -0.25) is 9.59 Å². The summed E-state index contributed by atoms with van der Waals surface area (Å²) in [5.74, 6) is -0.692. The van der Waals surface area contributed by atoms with Crippen LogP contribution in [-0.4, -0.2) is 32.0 Å². The van der Waals surface area contributed by atoms with Crippen molar-refractivity contribution < 1.29 is 23.1 Å². The van der Waals surface area contributed by atoms with Crippen LogP contribution in [0.1, 0.15) is 5.56 Å². The number of carbonyl (C=O) groups excluding carboxylic acids is 2. The molecule has 0 unspecified atom stereocenters. The highest BCUT2D eigenvalue weighted by Gasteiger charge is 2.03. The summed E-state index contributed by atoms with van der Waals surface area (Å²) in [6.07, 6.45) is 2.73. The zero-order valence-corrected chi connectivity index (χ0v) is 10.7. The second-order valence-electron chi connectivity index (χ2n) is 3.67. The van der Waals surface area contributed by atoms with Gasteiger partial charge in [0.2, 0.25) is 11.8 Å². The predicted octanol–water partition coefficient (Wildman–Crippen LogP) is 1.16. The molecule has 1 aromatic carbocycles. The average molecular weight is 284 g/mol. The molecule has 0 saturated carbocycles. The summed E-state index contributed by atoms with van der Waals surface area (Å²) in [7, 11) is 1.47. The minimum Gasteiger partial charge on any atom is -0.435 e. The number of hydrogen-bond acceptors (Lipinski definition) is 3. The van der Waals surface area contributed by atoms with E-state index in [9.17, 15) is 18.4 Å². The van der Waals surface area contributed by atoms with Gasteiger partial charge in [-0.05, 0) is 23.8 Å². The lowest BCUT2D eigenvalue weighted by Crippen LogP contribution is -2.34. The summed E-state index contributed by atoms with van der Waals surface area (Å²) in [5, 5.41) is 4.74. The number of ether oxygens (including phenoxy) is 1. The molecule has 0 saturated heterocycles. The number of rotatable bonds is 6. The summed E-state index contributed by atoms with van der Waals surface area (Å²) >= 11 is 0. The number of amides is 2. The maximum atomic E-state index is 11.9. The normalized spacial score (nSPS) is 10.6. The maximum Gasteiger partial charge on any atom is 0.387 e. The third-order valence-electron chi connectivity index (χ3n) is 2.23. The van der Waals surface area contributed by atoms with E-state index in [4.69, 9.17) is 0 Å². The molecule has 0 heterocycles. The zero-order valence-electron chi connectivity index (χ0n) is 10.7. The molecular weight excluding hydrogens is 270 g/mol. The van der Waals surface area contributed by atoms with Gasteiger partial charge in [-0.25, -0.2) is 0 Å². The van der Waals surface area contributed by atoms with Gasteiger partial charge in [-0.2, -0.15) is 8.78 Å². The standard InChI is InChI=1S/C13H14F2N2O3/c1-16-12(19)8-17-11(18)7-4-9-2-5-10(6-3-9)20-13(14)15/h2-7,13H,8H2,1H3,(H,16,19)(H,17,18). The van der Waals surface area contributed by atoms with Crippen molar-refractivity contribution in [3.8, 4) is 5.75 Å². The van der Waals surface area contributed by atoms with Gasteiger partial charge in [0.15, 0.2) is 0 Å². The molecule has 5 nitrogen and oxygen atoms in total. The van der Waals surface area contributed by atoms with Crippen LogP contribution in [0.5, 0.6) is 5.75 Å². The Morgan fingerprint density at radius 3 is 2.50 bits per heavy atom. The summed E-state index contributed by atoms with van der Waals surface area (Å²) in [6.45, 7) is -2.98. The fourth-order valence-corrected chi connectivity index (χ4v) is 1.25. The summed E-state index contributed by atoms with van der Waals surface area (Å²) in [4.78, 5) is 22.2. The SMILES string of the molecule is CNC(=O)CNC(=O)C=Cc1ccc(OC(F)F)cc1. The zero-order chi connectivity index (χ0) is 15.0. The van der Waals surface area contributed by atoms with Crippen LogP contribution in [0, 0.1) is 0 Å². The predicted molar refractivity (Wildman–Crippen MR) is 69.2 cm³/mol. The number of nitrogens with one attached hydrogen (secondary N) is 2. The lowest BCUT2D eigenvalue weighted by Gasteiger charge is -2.03. The van der Waals surface area contributed by atoms with Crippen molar-refractivity contribution in [3.63, 3.8) is 0 Å². The highest BCUT2D eigenvalue weighted by Crippen LogP contribution is 2.15. The maximum absolute atomic E-state index is 11.9. The Kier molecular flexibility index (Phi) is 6.15. The topological polar surface area (TPSA) is 67.4 Å². The van der Waals surface area contributed by atoms with E-state index in [2.05, 4.69) is 15.4 Å². The van der Waals surface area contributed by atoms with Crippen LogP contribution in [0.4, 0.5) is 8.78 Å². The Morgan fingerprint density at radius 1 is 1.30 bits per heavy atom. The van der Waals surface area contributed by atoms with E-state index in [-0.39, 0.29) is 18.2 Å². The van der Waals surface area contributed by atoms with E-state index in [1.807, 2.05) is 0 Å². The van der Waals surface area contributed by atoms with Crippen LogP contribution < -0.4 is 15.4 Å². The Balaban J connectivity index is 2.49. The molecule has 0 spiro atoms. The molecule has 0 aliphatic rings. The molecule has 0 atom stereocenters. The van der Waals surface area contributed by atoms with E-state index < -0.39 is 12.5 Å². The fourth-order valence-electron chi connectivity index (χ4n) is 1.25. The quantitative estimate of drug-likeness (QED) is 0.770. The molecule has 1 rings (SSSR count). The minimum absolute atomic E-state index is 0.0428. The third-order valence-corrected chi connectivity index (χ3v) is 2.23. The van der Waals surface area contributed by atoms with E-state index in [1.165, 1.54) is 43.5 Å². The number of likely N-dealkylation sites (N-methyl/N-ethyl adjacent to an activating group) is 1. The highest BCUT2D eigenvalue weighted by atomic mass is 19.3. The van der Waals surface area contributed by atoms with Gasteiger partial charge >= 0.3 is 6.61 Å². The van der Waals surface area contributed by atoms with Gasteiger partial charge in [0.1, 0.15) is 5.75 Å². The van der Waals surface area contributed by atoms with Crippen LogP contribution in [0.2, 0.25) is 0 Å². The van der Waals surface area contributed by atoms with Crippen molar-refractivity contribution in [2.75, 3.05) is 13.6 Å². The second-order valence-corrected chi connectivity index (χ2v) is 3.67. The van der Waals surface area contributed by atoms with Crippen molar-refractivity contribution in [2.45, 2.75) is 6.61 Å². The average Bonchev–Trinajstić information content (AvgIpc) is 2.43. The fraction of sp³-hybridized carbons (Fsp3) is 0.231. The van der Waals surface area contributed by atoms with Gasteiger partial charge in [0.05, 0.1) is 6.54 Å². The second kappa shape index (κ2) is 7.88. The van der Waals surface area contributed by atoms with E-state index in [1.54, 1.807) is 0 Å². The van der Waals surface area contributed by atoms with Crippen LogP contribution in [0.3, 0.4) is 0 Å². The van der Waals surface area contributed by atoms with Gasteiger partial charge in [-0.15, -0.1) is 0 Å². The molecule has 0 radical (unpaired) electrons. The first-order valence-corrected chi connectivity index (χ1v) is 5.72. The molecule has 1 aromatic rings. The number of benzene rings is 1. The van der Waals surface area contributed by atoms with Crippen molar-refractivity contribution in [1.82, 2.24) is 10.6 Å². The van der Waals surface area contributed by atoms with Crippen molar-refractivity contribution in [3.05, 3.63) is 35.9 Å². The number of halogens is 2. The van der Waals surface area contributed by atoms with Crippen LogP contribution in [-0.2, 0) is 9.59 Å². The Morgan fingerprint density at radius 2 is 1.95 bits per heavy atom. The summed E-state index contributed by atoms with van der Waals surface area (Å²) < 4.78 is 28.1. The molecular formula is C13H14F2N2O3. The largest absolute Gasteiger partial charge is 0.435 e. The summed E-state index contributed by atoms with van der Waals surface area (Å²) in [6, 6.07) is 5.79. The van der Waals surface area contributed by atoms with Crippen LogP contribution in [0.15, 0.2) is 30.3 Å². The lowest BCUT2D eigenvalue weighted by atomic mass is 10.2. The van der Waals surface area contributed by atoms with Gasteiger partial charge < -0.3 is 15.4 Å². The lowest BCUT2D eigenvalue weighted by molar-refractivity contribution is -0.123. The van der Waals surface area contributed by atoms with Crippen molar-refractivity contribution in [2.24, 2.45) is 0 Å². The van der Waals surface area contributed by atoms with E-state index >= 15 is 0 Å². The van der Waals surface area contributed by atoms with Crippen molar-refractivity contribution >= 4 is 17.9 Å². The molecule has 0 aromatic heterocycles. The Bertz CT molecular complexity index is 487. The Labute approximate surface area is 114 Å². The number of hydrogen-bond donors (Lipinski definition) is 2. The summed E-state index contributed by atoms with van der Waals surface area (Å²) in [5.41, 5.74) is 0.640. The van der Waals surface area contributed by atoms with E-state index in [0.717, 1.165) is 0 Å². The Hall–Kier alpha value is -2.44. The molecule has 0 fully saturated rings. The van der Waals surface area contributed by atoms with Gasteiger partial charge in [0, 0.05) is 13.1 Å². The molecule has 20 heavy (non-hydrogen) atoms. The molecule has 7 heteroatoms. The molecule has 108 valence electrons. The van der Waals surface area contributed by atoms with Gasteiger partial charge in [-0.1, -0.05) is 12.1 Å². The first-order valence-electron chi connectivity index (χ1n) is 5.72. The minimum atomic E-state index is -2.87. The van der Waals surface area contributed by atoms with Crippen molar-refractivity contribution in [1.29, 1.82) is 0 Å². The molecule has 0 aliphatic heterocycles. The molecule has 0 aliphatic carbocycles. The molecule has 2 N–H and O–H groups in total. The van der Waals surface area contributed by atoms with E-state index in [0.29, 0.717) is 5.56 Å². The molecule has 2 amide bonds. The monoisotopic (exact) mass is 284 g/mol. The molecule has 0 bridgehead atoms. The number of alkyl halides is 2.